The molecule has 0 aliphatic rings. The van der Waals surface area contributed by atoms with E-state index >= 15 is 0 Å². The molecule has 0 saturated carbocycles. The molecule has 7 nitrogen and oxygen atoms in total. The largest absolute Gasteiger partial charge is 0.444 e. The number of rotatable bonds is 11. The summed E-state index contributed by atoms with van der Waals surface area (Å²) in [4.78, 5) is 43.8. The Morgan fingerprint density at radius 1 is 0.814 bits per heavy atom. The second-order valence-corrected chi connectivity index (χ2v) is 12.7. The Labute approximate surface area is 257 Å². The minimum Gasteiger partial charge on any atom is -0.444 e. The Morgan fingerprint density at radius 3 is 1.95 bits per heavy atom. The fraction of sp³-hybridized carbons (Fsp3) is 0.417. The van der Waals surface area contributed by atoms with E-state index < -0.39 is 29.3 Å². The van der Waals surface area contributed by atoms with Gasteiger partial charge in [-0.05, 0) is 82.7 Å². The molecule has 3 aromatic rings. The first-order chi connectivity index (χ1) is 20.2. The second kappa shape index (κ2) is 14.4. The van der Waals surface area contributed by atoms with Gasteiger partial charge in [0.1, 0.15) is 17.7 Å². The summed E-state index contributed by atoms with van der Waals surface area (Å²) < 4.78 is 5.56. The van der Waals surface area contributed by atoms with Crippen LogP contribution in [-0.2, 0) is 27.3 Å². The average molecular weight is 586 g/mol. The molecule has 2 N–H and O–H groups in total. The van der Waals surface area contributed by atoms with E-state index in [0.717, 1.165) is 27.8 Å². The van der Waals surface area contributed by atoms with Crippen LogP contribution in [0.25, 0.3) is 0 Å². The molecule has 0 aromatic heterocycles. The number of carbonyl (C=O) groups excluding carboxylic acids is 3. The van der Waals surface area contributed by atoms with Crippen molar-refractivity contribution < 1.29 is 19.1 Å². The maximum atomic E-state index is 14.8. The number of ether oxygens (including phenoxy) is 1. The molecule has 7 heteroatoms. The van der Waals surface area contributed by atoms with Gasteiger partial charge in [0.25, 0.3) is 0 Å². The van der Waals surface area contributed by atoms with E-state index in [0.29, 0.717) is 13.0 Å². The lowest BCUT2D eigenvalue weighted by Crippen LogP contribution is -2.60. The molecule has 3 aromatic carbocycles. The van der Waals surface area contributed by atoms with Crippen molar-refractivity contribution in [3.05, 3.63) is 107 Å². The van der Waals surface area contributed by atoms with Gasteiger partial charge in [0, 0.05) is 18.5 Å². The van der Waals surface area contributed by atoms with Crippen LogP contribution in [0.1, 0.15) is 81.8 Å². The van der Waals surface area contributed by atoms with E-state index in [1.54, 1.807) is 25.7 Å². The summed E-state index contributed by atoms with van der Waals surface area (Å²) in [6.07, 6.45) is 0.129. The first-order valence-corrected chi connectivity index (χ1v) is 15.0. The Hall–Kier alpha value is -4.13. The summed E-state index contributed by atoms with van der Waals surface area (Å²) >= 11 is 0. The van der Waals surface area contributed by atoms with Gasteiger partial charge in [-0.1, -0.05) is 85.8 Å². The molecule has 2 atom stereocenters. The van der Waals surface area contributed by atoms with Gasteiger partial charge in [0.05, 0.1) is 0 Å². The number of amides is 3. The van der Waals surface area contributed by atoms with Gasteiger partial charge in [-0.3, -0.25) is 9.59 Å². The number of hydrogen-bond donors (Lipinski definition) is 2. The fourth-order valence-corrected chi connectivity index (χ4v) is 4.96. The van der Waals surface area contributed by atoms with Crippen LogP contribution in [0.3, 0.4) is 0 Å². The van der Waals surface area contributed by atoms with Crippen LogP contribution in [0.4, 0.5) is 4.79 Å². The highest BCUT2D eigenvalue weighted by atomic mass is 16.6. The predicted octanol–water partition coefficient (Wildman–Crippen LogP) is 6.81. The van der Waals surface area contributed by atoms with E-state index in [-0.39, 0.29) is 18.2 Å². The number of benzene rings is 3. The Kier molecular flexibility index (Phi) is 11.1. The minimum atomic E-state index is -0.974. The van der Waals surface area contributed by atoms with Gasteiger partial charge in [-0.15, -0.1) is 0 Å². The summed E-state index contributed by atoms with van der Waals surface area (Å²) in [6, 6.07) is 23.1. The molecule has 2 unspecified atom stereocenters. The Morgan fingerprint density at radius 2 is 1.40 bits per heavy atom. The van der Waals surface area contributed by atoms with Crippen LogP contribution in [0, 0.1) is 13.8 Å². The minimum absolute atomic E-state index is 0.236. The first kappa shape index (κ1) is 33.4. The van der Waals surface area contributed by atoms with Crippen molar-refractivity contribution in [2.75, 3.05) is 0 Å². The smallest absolute Gasteiger partial charge is 0.408 e. The highest BCUT2D eigenvalue weighted by Gasteiger charge is 2.43. The average Bonchev–Trinajstić information content (AvgIpc) is 2.95. The topological polar surface area (TPSA) is 87.7 Å². The first-order valence-electron chi connectivity index (χ1n) is 15.0. The summed E-state index contributed by atoms with van der Waals surface area (Å²) in [5, 5.41) is 5.93. The summed E-state index contributed by atoms with van der Waals surface area (Å²) in [5.74, 6) is -0.648. The standard InChI is InChI=1S/C36H47N3O4/c1-9-36(7,8)39(33(41)30(23-27-18-12-10-13-19-27)38-34(42)43-35(4,5)6)31(29-22-16-17-25(2)26(29)3)32(40)37-24-28-20-14-11-15-21-28/h10-22,30-31H,9,23-24H2,1-8H3,(H,37,40)(H,38,42). The molecular weight excluding hydrogens is 538 g/mol. The molecular formula is C36H47N3O4. The highest BCUT2D eigenvalue weighted by molar-refractivity contribution is 5.93. The number of nitrogens with one attached hydrogen (secondary N) is 2. The number of alkyl carbamates (subject to hydrolysis) is 1. The fourth-order valence-electron chi connectivity index (χ4n) is 4.96. The van der Waals surface area contributed by atoms with Gasteiger partial charge < -0.3 is 20.3 Å². The summed E-state index contributed by atoms with van der Waals surface area (Å²) in [7, 11) is 0. The SMILES string of the molecule is CCC(C)(C)N(C(=O)C(Cc1ccccc1)NC(=O)OC(C)(C)C)C(C(=O)NCc1ccccc1)c1cccc(C)c1C. The van der Waals surface area contributed by atoms with Crippen LogP contribution in [0.2, 0.25) is 0 Å². The van der Waals surface area contributed by atoms with E-state index in [1.807, 2.05) is 113 Å². The van der Waals surface area contributed by atoms with Crippen molar-refractivity contribution in [1.29, 1.82) is 0 Å². The number of hydrogen-bond acceptors (Lipinski definition) is 4. The lowest BCUT2D eigenvalue weighted by molar-refractivity contribution is -0.149. The molecule has 0 aliphatic carbocycles. The van der Waals surface area contributed by atoms with Crippen LogP contribution in [-0.4, -0.2) is 40.0 Å². The second-order valence-electron chi connectivity index (χ2n) is 12.7. The maximum absolute atomic E-state index is 14.8. The zero-order chi connectivity index (χ0) is 31.8. The summed E-state index contributed by atoms with van der Waals surface area (Å²) in [6.45, 7) is 15.5. The van der Waals surface area contributed by atoms with Gasteiger partial charge in [-0.2, -0.15) is 0 Å². The molecule has 230 valence electrons. The molecule has 3 amide bonds. The van der Waals surface area contributed by atoms with Crippen molar-refractivity contribution in [2.24, 2.45) is 0 Å². The van der Waals surface area contributed by atoms with E-state index in [9.17, 15) is 14.4 Å². The van der Waals surface area contributed by atoms with Crippen LogP contribution < -0.4 is 10.6 Å². The number of carbonyl (C=O) groups is 3. The van der Waals surface area contributed by atoms with Crippen molar-refractivity contribution in [1.82, 2.24) is 15.5 Å². The zero-order valence-corrected chi connectivity index (χ0v) is 26.9. The lowest BCUT2D eigenvalue weighted by atomic mass is 9.88. The third-order valence-electron chi connectivity index (χ3n) is 7.78. The van der Waals surface area contributed by atoms with E-state index in [1.165, 1.54) is 0 Å². The third kappa shape index (κ3) is 9.18. The number of aryl methyl sites for hydroxylation is 1. The van der Waals surface area contributed by atoms with Crippen LogP contribution in [0.15, 0.2) is 78.9 Å². The van der Waals surface area contributed by atoms with Crippen molar-refractivity contribution in [2.45, 2.75) is 98.0 Å². The maximum Gasteiger partial charge on any atom is 0.408 e. The van der Waals surface area contributed by atoms with Crippen LogP contribution in [0.5, 0.6) is 0 Å². The third-order valence-corrected chi connectivity index (χ3v) is 7.78. The van der Waals surface area contributed by atoms with Gasteiger partial charge in [0.15, 0.2) is 0 Å². The summed E-state index contributed by atoms with van der Waals surface area (Å²) in [5.41, 5.74) is 3.05. The predicted molar refractivity (Wildman–Crippen MR) is 171 cm³/mol. The van der Waals surface area contributed by atoms with E-state index in [4.69, 9.17) is 4.74 Å². The quantitative estimate of drug-likeness (QED) is 0.259. The van der Waals surface area contributed by atoms with Crippen molar-refractivity contribution in [3.63, 3.8) is 0 Å². The van der Waals surface area contributed by atoms with Gasteiger partial charge in [0.2, 0.25) is 11.8 Å². The normalized spacial score (nSPS) is 13.0. The molecule has 3 rings (SSSR count). The van der Waals surface area contributed by atoms with E-state index in [2.05, 4.69) is 10.6 Å². The number of nitrogens with zero attached hydrogens (tertiary/aromatic N) is 1. The molecule has 43 heavy (non-hydrogen) atoms. The Bertz CT molecular complexity index is 1380. The molecule has 0 aliphatic heterocycles. The van der Waals surface area contributed by atoms with Gasteiger partial charge in [-0.25, -0.2) is 4.79 Å². The lowest BCUT2D eigenvalue weighted by Gasteiger charge is -2.45. The molecule has 0 saturated heterocycles. The van der Waals surface area contributed by atoms with Crippen molar-refractivity contribution >= 4 is 17.9 Å². The Balaban J connectivity index is 2.13. The van der Waals surface area contributed by atoms with Crippen molar-refractivity contribution in [3.8, 4) is 0 Å². The molecule has 0 fully saturated rings. The molecule has 0 bridgehead atoms. The molecule has 0 radical (unpaired) electrons. The monoisotopic (exact) mass is 585 g/mol. The molecule has 0 heterocycles. The van der Waals surface area contributed by atoms with Crippen LogP contribution >= 0.6 is 0 Å². The molecule has 0 spiro atoms. The van der Waals surface area contributed by atoms with Gasteiger partial charge >= 0.3 is 6.09 Å². The zero-order valence-electron chi connectivity index (χ0n) is 26.9. The highest BCUT2D eigenvalue weighted by Crippen LogP contribution is 2.34.